The molecule has 0 saturated carbocycles. The molecular weight excluding hydrogens is 433 g/mol. The molecular formula is C22H26FN5O5. The number of amides is 3. The van der Waals surface area contributed by atoms with Gasteiger partial charge < -0.3 is 20.7 Å². The van der Waals surface area contributed by atoms with Crippen molar-refractivity contribution in [1.82, 2.24) is 14.4 Å². The molecule has 11 heteroatoms. The second kappa shape index (κ2) is 10.4. The minimum atomic E-state index is -0.743. The summed E-state index contributed by atoms with van der Waals surface area (Å²) >= 11 is 0. The van der Waals surface area contributed by atoms with Crippen molar-refractivity contribution in [3.05, 3.63) is 58.8 Å². The molecule has 1 aliphatic rings. The summed E-state index contributed by atoms with van der Waals surface area (Å²) in [6.07, 6.45) is 1.31. The van der Waals surface area contributed by atoms with Gasteiger partial charge in [-0.05, 0) is 24.6 Å². The van der Waals surface area contributed by atoms with E-state index in [1.54, 1.807) is 26.2 Å². The number of halogens is 1. The number of carbonyl (C=O) groups excluding carboxylic acids is 3. The van der Waals surface area contributed by atoms with Crippen molar-refractivity contribution in [2.45, 2.75) is 18.6 Å². The molecule has 2 aromatic rings. The molecule has 0 bridgehead atoms. The van der Waals surface area contributed by atoms with E-state index in [2.05, 4.69) is 5.32 Å². The maximum atomic E-state index is 14.6. The highest BCUT2D eigenvalue weighted by Gasteiger charge is 2.37. The lowest BCUT2D eigenvalue weighted by molar-refractivity contribution is -0.135. The number of anilines is 1. The summed E-state index contributed by atoms with van der Waals surface area (Å²) in [6, 6.07) is 7.85. The van der Waals surface area contributed by atoms with Crippen molar-refractivity contribution in [2.24, 2.45) is 5.73 Å². The molecule has 2 heterocycles. The lowest BCUT2D eigenvalue weighted by Gasteiger charge is -2.21. The van der Waals surface area contributed by atoms with Gasteiger partial charge >= 0.3 is 0 Å². The molecule has 3 rings (SSSR count). The topological polar surface area (TPSA) is 127 Å². The van der Waals surface area contributed by atoms with Crippen LogP contribution >= 0.6 is 0 Å². The van der Waals surface area contributed by atoms with Crippen molar-refractivity contribution in [2.75, 3.05) is 39.1 Å². The fraction of sp³-hybridized carbons (Fsp3) is 0.364. The normalized spacial score (nSPS) is 18.2. The Hall–Kier alpha value is -3.57. The minimum Gasteiger partial charge on any atom is -0.368 e. The largest absolute Gasteiger partial charge is 0.368 e. The SMILES string of the molecule is CN(C)C(=O)CO[C@H]1CC(C(N)=O)N(CC(=O)Nc2ccc(-n3ccccc3=O)cc2F)C1. The number of hydrogen-bond donors (Lipinski definition) is 2. The zero-order valence-electron chi connectivity index (χ0n) is 18.4. The smallest absolute Gasteiger partial charge is 0.255 e. The summed E-state index contributed by atoms with van der Waals surface area (Å²) < 4.78 is 21.4. The van der Waals surface area contributed by atoms with Gasteiger partial charge in [0.2, 0.25) is 17.7 Å². The summed E-state index contributed by atoms with van der Waals surface area (Å²) in [4.78, 5) is 50.9. The van der Waals surface area contributed by atoms with Crippen LogP contribution in [0.15, 0.2) is 47.4 Å². The van der Waals surface area contributed by atoms with E-state index in [1.807, 2.05) is 0 Å². The number of pyridine rings is 1. The molecule has 3 amide bonds. The van der Waals surface area contributed by atoms with E-state index in [4.69, 9.17) is 10.5 Å². The van der Waals surface area contributed by atoms with Gasteiger partial charge in [-0.3, -0.25) is 28.6 Å². The number of ether oxygens (including phenoxy) is 1. The van der Waals surface area contributed by atoms with Gasteiger partial charge in [-0.25, -0.2) is 4.39 Å². The molecule has 176 valence electrons. The summed E-state index contributed by atoms with van der Waals surface area (Å²) in [6.45, 7) is -0.139. The summed E-state index contributed by atoms with van der Waals surface area (Å²) in [5.41, 5.74) is 5.40. The molecule has 10 nitrogen and oxygen atoms in total. The van der Waals surface area contributed by atoms with Crippen LogP contribution in [-0.2, 0) is 19.1 Å². The number of nitrogens with one attached hydrogen (secondary N) is 1. The van der Waals surface area contributed by atoms with Crippen LogP contribution in [0.3, 0.4) is 0 Å². The highest BCUT2D eigenvalue weighted by Crippen LogP contribution is 2.21. The predicted octanol–water partition coefficient (Wildman–Crippen LogP) is -0.0519. The number of nitrogens with zero attached hydrogens (tertiary/aromatic N) is 3. The zero-order valence-corrected chi connectivity index (χ0v) is 18.4. The first kappa shape index (κ1) is 24.1. The molecule has 0 radical (unpaired) electrons. The van der Waals surface area contributed by atoms with Crippen molar-refractivity contribution >= 4 is 23.4 Å². The number of likely N-dealkylation sites (tertiary alicyclic amines) is 1. The van der Waals surface area contributed by atoms with Gasteiger partial charge in [-0.2, -0.15) is 0 Å². The summed E-state index contributed by atoms with van der Waals surface area (Å²) in [5.74, 6) is -2.10. The molecule has 3 N–H and O–H groups in total. The van der Waals surface area contributed by atoms with Gasteiger partial charge in [-0.1, -0.05) is 6.07 Å². The average Bonchev–Trinajstić information content (AvgIpc) is 3.16. The van der Waals surface area contributed by atoms with Gasteiger partial charge in [0.1, 0.15) is 12.4 Å². The Labute approximate surface area is 189 Å². The zero-order chi connectivity index (χ0) is 24.1. The molecule has 1 aromatic heterocycles. The van der Waals surface area contributed by atoms with E-state index >= 15 is 0 Å². The molecule has 1 aliphatic heterocycles. The highest BCUT2D eigenvalue weighted by molar-refractivity contribution is 5.93. The van der Waals surface area contributed by atoms with Gasteiger partial charge in [-0.15, -0.1) is 0 Å². The van der Waals surface area contributed by atoms with Crippen LogP contribution in [0, 0.1) is 5.82 Å². The first-order valence-electron chi connectivity index (χ1n) is 10.3. The van der Waals surface area contributed by atoms with E-state index < -0.39 is 29.8 Å². The average molecular weight is 459 g/mol. The monoisotopic (exact) mass is 459 g/mol. The number of rotatable bonds is 8. The van der Waals surface area contributed by atoms with Crippen LogP contribution in [0.4, 0.5) is 10.1 Å². The summed E-state index contributed by atoms with van der Waals surface area (Å²) in [7, 11) is 3.21. The fourth-order valence-electron chi connectivity index (χ4n) is 3.54. The van der Waals surface area contributed by atoms with E-state index in [1.165, 1.54) is 38.8 Å². The summed E-state index contributed by atoms with van der Waals surface area (Å²) in [5, 5.41) is 2.47. The molecule has 1 unspecified atom stereocenters. The van der Waals surface area contributed by atoms with E-state index in [9.17, 15) is 23.6 Å². The number of aromatic nitrogens is 1. The number of likely N-dealkylation sites (N-methyl/N-ethyl adjacent to an activating group) is 1. The predicted molar refractivity (Wildman–Crippen MR) is 118 cm³/mol. The van der Waals surface area contributed by atoms with Crippen LogP contribution in [-0.4, -0.2) is 78.0 Å². The minimum absolute atomic E-state index is 0.0630. The highest BCUT2D eigenvalue weighted by atomic mass is 19.1. The van der Waals surface area contributed by atoms with E-state index in [0.29, 0.717) is 5.69 Å². The lowest BCUT2D eigenvalue weighted by Crippen LogP contribution is -2.44. The Kier molecular flexibility index (Phi) is 7.56. The lowest BCUT2D eigenvalue weighted by atomic mass is 10.2. The van der Waals surface area contributed by atoms with E-state index in [0.717, 1.165) is 6.07 Å². The van der Waals surface area contributed by atoms with E-state index in [-0.39, 0.29) is 43.3 Å². The van der Waals surface area contributed by atoms with Crippen molar-refractivity contribution in [3.8, 4) is 5.69 Å². The second-order valence-electron chi connectivity index (χ2n) is 7.93. The maximum Gasteiger partial charge on any atom is 0.255 e. The van der Waals surface area contributed by atoms with Gasteiger partial charge in [0.15, 0.2) is 0 Å². The van der Waals surface area contributed by atoms with Crippen LogP contribution in [0.5, 0.6) is 0 Å². The molecule has 1 fully saturated rings. The number of hydrogen-bond acceptors (Lipinski definition) is 6. The molecule has 0 aliphatic carbocycles. The first-order valence-corrected chi connectivity index (χ1v) is 10.3. The first-order chi connectivity index (χ1) is 15.7. The van der Waals surface area contributed by atoms with Gasteiger partial charge in [0, 0.05) is 39.0 Å². The van der Waals surface area contributed by atoms with Gasteiger partial charge in [0.05, 0.1) is 30.1 Å². The van der Waals surface area contributed by atoms with Crippen LogP contribution in [0.1, 0.15) is 6.42 Å². The van der Waals surface area contributed by atoms with Gasteiger partial charge in [0.25, 0.3) is 5.56 Å². The number of primary amides is 1. The van der Waals surface area contributed by atoms with Crippen molar-refractivity contribution < 1.29 is 23.5 Å². The second-order valence-corrected chi connectivity index (χ2v) is 7.93. The molecule has 0 spiro atoms. The number of carbonyl (C=O) groups is 3. The number of benzene rings is 1. The molecule has 2 atom stereocenters. The molecule has 1 saturated heterocycles. The Morgan fingerprint density at radius 3 is 2.64 bits per heavy atom. The Morgan fingerprint density at radius 2 is 2.00 bits per heavy atom. The van der Waals surface area contributed by atoms with Crippen molar-refractivity contribution in [3.63, 3.8) is 0 Å². The third-order valence-electron chi connectivity index (χ3n) is 5.31. The standard InChI is InChI=1S/C22H26FN5O5/c1-26(2)21(31)13-33-15-10-18(22(24)32)27(11-15)12-19(29)25-17-7-6-14(9-16(17)23)28-8-4-3-5-20(28)30/h3-9,15,18H,10-13H2,1-2H3,(H2,24,32)(H,25,29)/t15-,18?/m0/s1. The van der Waals surface area contributed by atoms with Crippen molar-refractivity contribution in [1.29, 1.82) is 0 Å². The van der Waals surface area contributed by atoms with Crippen LogP contribution < -0.4 is 16.6 Å². The third kappa shape index (κ3) is 6.02. The number of nitrogens with two attached hydrogens (primary N) is 1. The molecule has 33 heavy (non-hydrogen) atoms. The fourth-order valence-corrected chi connectivity index (χ4v) is 3.54. The Bertz CT molecular complexity index is 1100. The molecule has 1 aromatic carbocycles. The quantitative estimate of drug-likeness (QED) is 0.570. The Morgan fingerprint density at radius 1 is 1.24 bits per heavy atom. The Balaban J connectivity index is 1.63. The maximum absolute atomic E-state index is 14.6. The van der Waals surface area contributed by atoms with Crippen LogP contribution in [0.2, 0.25) is 0 Å². The van der Waals surface area contributed by atoms with Crippen LogP contribution in [0.25, 0.3) is 5.69 Å². The third-order valence-corrected chi connectivity index (χ3v) is 5.31.